The molecule has 0 bridgehead atoms. The molecule has 0 radical (unpaired) electrons. The highest BCUT2D eigenvalue weighted by Gasteiger charge is 1.96. The molecule has 0 atom stereocenters. The number of anilines is 2. The molecule has 0 unspecified atom stereocenters. The molecule has 0 aromatic carbocycles. The van der Waals surface area contributed by atoms with Crippen molar-refractivity contribution >= 4 is 23.0 Å². The Morgan fingerprint density at radius 1 is 1.36 bits per heavy atom. The van der Waals surface area contributed by atoms with Crippen molar-refractivity contribution in [2.45, 2.75) is 6.54 Å². The molecule has 6 heteroatoms. The van der Waals surface area contributed by atoms with Crippen molar-refractivity contribution in [2.75, 3.05) is 11.1 Å². The second-order valence-electron chi connectivity index (χ2n) is 2.68. The molecule has 14 heavy (non-hydrogen) atoms. The van der Waals surface area contributed by atoms with E-state index in [1.54, 1.807) is 29.0 Å². The maximum atomic E-state index is 5.41. The Morgan fingerprint density at radius 2 is 2.29 bits per heavy atom. The van der Waals surface area contributed by atoms with Crippen LogP contribution in [0.2, 0.25) is 0 Å². The summed E-state index contributed by atoms with van der Waals surface area (Å²) in [5.41, 5.74) is 8.20. The van der Waals surface area contributed by atoms with Gasteiger partial charge in [-0.2, -0.15) is 0 Å². The van der Waals surface area contributed by atoms with Gasteiger partial charge in [-0.05, 0) is 12.1 Å². The summed E-state index contributed by atoms with van der Waals surface area (Å²) in [7, 11) is 0. The molecule has 0 aliphatic heterocycles. The molecule has 2 aromatic heterocycles. The van der Waals surface area contributed by atoms with Gasteiger partial charge in [0.15, 0.2) is 0 Å². The molecule has 2 rings (SSSR count). The topological polar surface area (TPSA) is 76.7 Å². The van der Waals surface area contributed by atoms with Crippen LogP contribution in [0.3, 0.4) is 0 Å². The first-order valence-corrected chi connectivity index (χ1v) is 4.99. The van der Waals surface area contributed by atoms with Crippen LogP contribution in [-0.4, -0.2) is 15.2 Å². The van der Waals surface area contributed by atoms with Crippen molar-refractivity contribution in [3.63, 3.8) is 0 Å². The maximum Gasteiger partial charge on any atom is 0.149 e. The Balaban J connectivity index is 1.95. The second-order valence-corrected chi connectivity index (χ2v) is 3.40. The molecule has 0 aliphatic rings. The number of thiazole rings is 1. The van der Waals surface area contributed by atoms with Crippen LogP contribution in [0, 0.1) is 0 Å². The number of nitrogens with zero attached hydrogens (tertiary/aromatic N) is 3. The lowest BCUT2D eigenvalue weighted by molar-refractivity contribution is 0.992. The third-order valence-corrected chi connectivity index (χ3v) is 2.25. The van der Waals surface area contributed by atoms with E-state index in [1.165, 1.54) is 0 Å². The first kappa shape index (κ1) is 8.89. The molecule has 0 saturated carbocycles. The van der Waals surface area contributed by atoms with E-state index in [9.17, 15) is 0 Å². The van der Waals surface area contributed by atoms with Crippen molar-refractivity contribution in [3.8, 4) is 0 Å². The molecule has 0 spiro atoms. The third kappa shape index (κ3) is 2.17. The van der Waals surface area contributed by atoms with Gasteiger partial charge in [0.05, 0.1) is 17.7 Å². The number of hydrogen-bond acceptors (Lipinski definition) is 6. The van der Waals surface area contributed by atoms with Gasteiger partial charge in [0.25, 0.3) is 0 Å². The Kier molecular flexibility index (Phi) is 2.55. The highest BCUT2D eigenvalue weighted by atomic mass is 32.1. The first-order valence-electron chi connectivity index (χ1n) is 4.05. The van der Waals surface area contributed by atoms with Crippen LogP contribution in [0.5, 0.6) is 0 Å². The monoisotopic (exact) mass is 207 g/mol. The van der Waals surface area contributed by atoms with Gasteiger partial charge in [0, 0.05) is 5.38 Å². The van der Waals surface area contributed by atoms with Crippen LogP contribution in [0.4, 0.5) is 11.6 Å². The summed E-state index contributed by atoms with van der Waals surface area (Å²) in [5.74, 6) is 1.12. The summed E-state index contributed by atoms with van der Waals surface area (Å²) in [6.45, 7) is 0.655. The minimum absolute atomic E-state index is 0.421. The van der Waals surface area contributed by atoms with Gasteiger partial charge in [-0.15, -0.1) is 21.5 Å². The fraction of sp³-hybridized carbons (Fsp3) is 0.125. The Bertz CT molecular complexity index is 383. The summed E-state index contributed by atoms with van der Waals surface area (Å²) in [6.07, 6.45) is 0. The molecule has 2 aromatic rings. The van der Waals surface area contributed by atoms with Crippen LogP contribution < -0.4 is 11.1 Å². The number of nitrogen functional groups attached to an aromatic ring is 1. The number of nitrogens with two attached hydrogens (primary N) is 1. The van der Waals surface area contributed by atoms with Crippen molar-refractivity contribution in [1.82, 2.24) is 15.2 Å². The Hall–Kier alpha value is -1.69. The van der Waals surface area contributed by atoms with Crippen molar-refractivity contribution in [2.24, 2.45) is 0 Å². The molecule has 0 fully saturated rings. The van der Waals surface area contributed by atoms with E-state index in [2.05, 4.69) is 20.5 Å². The maximum absolute atomic E-state index is 5.41. The zero-order valence-electron chi connectivity index (χ0n) is 7.34. The molecule has 0 aliphatic carbocycles. The summed E-state index contributed by atoms with van der Waals surface area (Å²) in [5, 5.41) is 12.7. The quantitative estimate of drug-likeness (QED) is 0.788. The van der Waals surface area contributed by atoms with E-state index in [1.807, 2.05) is 5.38 Å². The second kappa shape index (κ2) is 4.01. The van der Waals surface area contributed by atoms with E-state index in [0.717, 1.165) is 5.69 Å². The fourth-order valence-electron chi connectivity index (χ4n) is 0.943. The van der Waals surface area contributed by atoms with Gasteiger partial charge in [-0.3, -0.25) is 0 Å². The smallest absolute Gasteiger partial charge is 0.149 e. The van der Waals surface area contributed by atoms with Crippen LogP contribution in [-0.2, 0) is 6.54 Å². The Morgan fingerprint density at radius 3 is 2.93 bits per heavy atom. The highest BCUT2D eigenvalue weighted by molar-refractivity contribution is 7.07. The molecule has 5 nitrogen and oxygen atoms in total. The number of hydrogen-bond donors (Lipinski definition) is 2. The summed E-state index contributed by atoms with van der Waals surface area (Å²) < 4.78 is 0. The van der Waals surface area contributed by atoms with E-state index in [0.29, 0.717) is 18.2 Å². The van der Waals surface area contributed by atoms with E-state index in [4.69, 9.17) is 5.73 Å². The summed E-state index contributed by atoms with van der Waals surface area (Å²) in [6, 6.07) is 3.49. The third-order valence-electron chi connectivity index (χ3n) is 1.62. The molecule has 0 saturated heterocycles. The average Bonchev–Trinajstić information content (AvgIpc) is 2.70. The van der Waals surface area contributed by atoms with Crippen LogP contribution in [0.15, 0.2) is 23.0 Å². The molecular weight excluding hydrogens is 198 g/mol. The van der Waals surface area contributed by atoms with Crippen LogP contribution in [0.25, 0.3) is 0 Å². The largest absolute Gasteiger partial charge is 0.382 e. The first-order chi connectivity index (χ1) is 6.84. The molecule has 2 heterocycles. The SMILES string of the molecule is Nc1ccc(NCc2cscn2)nn1. The number of nitrogens with one attached hydrogen (secondary N) is 1. The van der Waals surface area contributed by atoms with Gasteiger partial charge < -0.3 is 11.1 Å². The molecule has 72 valence electrons. The lowest BCUT2D eigenvalue weighted by Crippen LogP contribution is -2.03. The number of aromatic nitrogens is 3. The van der Waals surface area contributed by atoms with Gasteiger partial charge in [-0.25, -0.2) is 4.98 Å². The Labute approximate surface area is 85.0 Å². The van der Waals surface area contributed by atoms with E-state index in [-0.39, 0.29) is 0 Å². The number of rotatable bonds is 3. The predicted octanol–water partition coefficient (Wildman–Crippen LogP) is 1.13. The van der Waals surface area contributed by atoms with E-state index >= 15 is 0 Å². The van der Waals surface area contributed by atoms with Crippen molar-refractivity contribution in [3.05, 3.63) is 28.7 Å². The molecular formula is C8H9N5S. The van der Waals surface area contributed by atoms with E-state index < -0.39 is 0 Å². The van der Waals surface area contributed by atoms with Gasteiger partial charge in [0.1, 0.15) is 11.6 Å². The molecule has 0 amide bonds. The zero-order chi connectivity index (χ0) is 9.80. The fourth-order valence-corrected chi connectivity index (χ4v) is 1.50. The lowest BCUT2D eigenvalue weighted by atomic mass is 10.4. The molecule has 3 N–H and O–H groups in total. The van der Waals surface area contributed by atoms with Crippen molar-refractivity contribution in [1.29, 1.82) is 0 Å². The van der Waals surface area contributed by atoms with Crippen LogP contribution in [0.1, 0.15) is 5.69 Å². The zero-order valence-corrected chi connectivity index (χ0v) is 8.16. The van der Waals surface area contributed by atoms with Gasteiger partial charge in [0.2, 0.25) is 0 Å². The summed E-state index contributed by atoms with van der Waals surface area (Å²) >= 11 is 1.57. The van der Waals surface area contributed by atoms with Gasteiger partial charge >= 0.3 is 0 Å². The average molecular weight is 207 g/mol. The van der Waals surface area contributed by atoms with Crippen molar-refractivity contribution < 1.29 is 0 Å². The highest BCUT2D eigenvalue weighted by Crippen LogP contribution is 2.06. The minimum Gasteiger partial charge on any atom is -0.382 e. The normalized spacial score (nSPS) is 10.0. The lowest BCUT2D eigenvalue weighted by Gasteiger charge is -2.01. The van der Waals surface area contributed by atoms with Gasteiger partial charge in [-0.1, -0.05) is 0 Å². The predicted molar refractivity (Wildman–Crippen MR) is 55.9 cm³/mol. The van der Waals surface area contributed by atoms with Crippen LogP contribution >= 0.6 is 11.3 Å². The standard InChI is InChI=1S/C8H9N5S/c9-7-1-2-8(13-12-7)10-3-6-4-14-5-11-6/h1-2,4-5H,3H2,(H2,9,12)(H,10,13). The minimum atomic E-state index is 0.421. The summed E-state index contributed by atoms with van der Waals surface area (Å²) in [4.78, 5) is 4.13.